The van der Waals surface area contributed by atoms with Gasteiger partial charge in [0.05, 0.1) is 0 Å². The van der Waals surface area contributed by atoms with Crippen molar-refractivity contribution in [3.8, 4) is 0 Å². The lowest BCUT2D eigenvalue weighted by Crippen LogP contribution is -1.92. The summed E-state index contributed by atoms with van der Waals surface area (Å²) in [4.78, 5) is 7.42. The molecule has 0 aliphatic rings. The number of unbranched alkanes of at least 4 members (excludes halogenated alkanes) is 4. The van der Waals surface area contributed by atoms with Gasteiger partial charge in [0, 0.05) is 18.8 Å². The molecule has 114 valence electrons. The fourth-order valence-corrected chi connectivity index (χ4v) is 2.68. The molecule has 0 unspecified atom stereocenters. The molecule has 2 heteroatoms. The van der Waals surface area contributed by atoms with Crippen LogP contribution in [0.25, 0.3) is 0 Å². The summed E-state index contributed by atoms with van der Waals surface area (Å²) in [6.07, 6.45) is 15.0. The van der Waals surface area contributed by atoms with Gasteiger partial charge in [0.15, 0.2) is 0 Å². The number of hydrogen-bond acceptors (Lipinski definition) is 1. The maximum absolute atomic E-state index is 4.26. The Morgan fingerprint density at radius 3 is 2.00 bits per heavy atom. The number of benzene rings is 1. The molecule has 1 aromatic heterocycles. The molecule has 2 rings (SSSR count). The number of H-pyrrole nitrogens is 1. The first-order chi connectivity index (χ1) is 10.4. The van der Waals surface area contributed by atoms with Crippen molar-refractivity contribution >= 4 is 0 Å². The van der Waals surface area contributed by atoms with Gasteiger partial charge in [-0.2, -0.15) is 0 Å². The molecule has 1 N–H and O–H groups in total. The van der Waals surface area contributed by atoms with Crippen molar-refractivity contribution in [1.29, 1.82) is 0 Å². The maximum atomic E-state index is 4.26. The van der Waals surface area contributed by atoms with E-state index in [0.29, 0.717) is 0 Å². The molecule has 0 aliphatic carbocycles. The fraction of sp³-hybridized carbons (Fsp3) is 0.526. The zero-order chi connectivity index (χ0) is 14.8. The number of rotatable bonds is 10. The summed E-state index contributed by atoms with van der Waals surface area (Å²) in [5.41, 5.74) is 2.96. The lowest BCUT2D eigenvalue weighted by molar-refractivity contribution is 0.666. The average molecular weight is 284 g/mol. The highest BCUT2D eigenvalue weighted by Crippen LogP contribution is 2.12. The monoisotopic (exact) mass is 284 g/mol. The molecule has 0 saturated carbocycles. The molecule has 2 aromatic rings. The minimum absolute atomic E-state index is 1.06. The van der Waals surface area contributed by atoms with Gasteiger partial charge >= 0.3 is 0 Å². The van der Waals surface area contributed by atoms with Crippen LogP contribution in [0, 0.1) is 0 Å². The minimum atomic E-state index is 1.06. The highest BCUT2D eigenvalue weighted by atomic mass is 14.9. The van der Waals surface area contributed by atoms with Crippen LogP contribution in [0.1, 0.15) is 62.4 Å². The van der Waals surface area contributed by atoms with E-state index >= 15 is 0 Å². The normalized spacial score (nSPS) is 10.9. The molecule has 0 radical (unpaired) electrons. The summed E-state index contributed by atoms with van der Waals surface area (Å²) in [6.45, 7) is 2.26. The van der Waals surface area contributed by atoms with Crippen LogP contribution in [0.4, 0.5) is 0 Å². The number of aromatic nitrogens is 2. The molecule has 21 heavy (non-hydrogen) atoms. The summed E-state index contributed by atoms with van der Waals surface area (Å²) in [6, 6.07) is 9.24. The van der Waals surface area contributed by atoms with Crippen molar-refractivity contribution in [2.24, 2.45) is 0 Å². The quantitative estimate of drug-likeness (QED) is 0.604. The third-order valence-corrected chi connectivity index (χ3v) is 4.03. The first kappa shape index (κ1) is 15.8. The van der Waals surface area contributed by atoms with Crippen molar-refractivity contribution in [1.82, 2.24) is 9.97 Å². The molecule has 0 spiro atoms. The van der Waals surface area contributed by atoms with Crippen LogP contribution in [0.5, 0.6) is 0 Å². The van der Waals surface area contributed by atoms with Crippen LogP contribution in [0.2, 0.25) is 0 Å². The SMILES string of the molecule is CCCCCCc1ccc(CCCCc2ncc[nH]2)cc1. The Labute approximate surface area is 129 Å². The third-order valence-electron chi connectivity index (χ3n) is 4.03. The second kappa shape index (κ2) is 9.38. The predicted octanol–water partition coefficient (Wildman–Crippen LogP) is 5.10. The molecule has 1 aromatic carbocycles. The van der Waals surface area contributed by atoms with Gasteiger partial charge in [-0.1, -0.05) is 50.5 Å². The van der Waals surface area contributed by atoms with Crippen molar-refractivity contribution in [2.75, 3.05) is 0 Å². The van der Waals surface area contributed by atoms with Gasteiger partial charge in [0.25, 0.3) is 0 Å². The lowest BCUT2D eigenvalue weighted by Gasteiger charge is -2.04. The van der Waals surface area contributed by atoms with Gasteiger partial charge in [0.1, 0.15) is 5.82 Å². The Morgan fingerprint density at radius 1 is 0.810 bits per heavy atom. The summed E-state index contributed by atoms with van der Waals surface area (Å²) < 4.78 is 0. The zero-order valence-corrected chi connectivity index (χ0v) is 13.3. The first-order valence-electron chi connectivity index (χ1n) is 8.44. The topological polar surface area (TPSA) is 28.7 Å². The van der Waals surface area contributed by atoms with Crippen molar-refractivity contribution in [2.45, 2.75) is 64.7 Å². The van der Waals surface area contributed by atoms with Gasteiger partial charge in [-0.3, -0.25) is 0 Å². The van der Waals surface area contributed by atoms with E-state index in [1.807, 2.05) is 12.4 Å². The first-order valence-corrected chi connectivity index (χ1v) is 8.44. The zero-order valence-electron chi connectivity index (χ0n) is 13.3. The number of nitrogens with one attached hydrogen (secondary N) is 1. The second-order valence-corrected chi connectivity index (χ2v) is 5.87. The largest absolute Gasteiger partial charge is 0.349 e. The standard InChI is InChI=1S/C19H28N2/c1-2-3-4-5-8-17-11-13-18(14-12-17)9-6-7-10-19-20-15-16-21-19/h11-16H,2-10H2,1H3,(H,20,21). The number of aromatic amines is 1. The van der Waals surface area contributed by atoms with E-state index in [1.165, 1.54) is 62.5 Å². The van der Waals surface area contributed by atoms with Gasteiger partial charge in [0.2, 0.25) is 0 Å². The number of nitrogens with zero attached hydrogens (tertiary/aromatic N) is 1. The van der Waals surface area contributed by atoms with Crippen molar-refractivity contribution < 1.29 is 0 Å². The van der Waals surface area contributed by atoms with E-state index in [9.17, 15) is 0 Å². The van der Waals surface area contributed by atoms with Crippen molar-refractivity contribution in [3.05, 3.63) is 53.6 Å². The van der Waals surface area contributed by atoms with Crippen molar-refractivity contribution in [3.63, 3.8) is 0 Å². The van der Waals surface area contributed by atoms with Crippen LogP contribution < -0.4 is 0 Å². The summed E-state index contributed by atoms with van der Waals surface area (Å²) in [7, 11) is 0. The summed E-state index contributed by atoms with van der Waals surface area (Å²) in [5.74, 6) is 1.11. The van der Waals surface area contributed by atoms with E-state index < -0.39 is 0 Å². The van der Waals surface area contributed by atoms with Gasteiger partial charge in [-0.05, 0) is 43.2 Å². The molecule has 0 saturated heterocycles. The highest BCUT2D eigenvalue weighted by molar-refractivity contribution is 5.22. The Kier molecular flexibility index (Phi) is 7.06. The van der Waals surface area contributed by atoms with Gasteiger partial charge < -0.3 is 4.98 Å². The van der Waals surface area contributed by atoms with Crippen LogP contribution in [-0.4, -0.2) is 9.97 Å². The van der Waals surface area contributed by atoms with Crippen LogP contribution in [0.3, 0.4) is 0 Å². The Morgan fingerprint density at radius 2 is 1.43 bits per heavy atom. The molecule has 0 fully saturated rings. The molecular weight excluding hydrogens is 256 g/mol. The van der Waals surface area contributed by atoms with E-state index in [4.69, 9.17) is 0 Å². The number of aryl methyl sites for hydroxylation is 3. The van der Waals surface area contributed by atoms with Gasteiger partial charge in [-0.25, -0.2) is 4.98 Å². The molecule has 0 atom stereocenters. The van der Waals surface area contributed by atoms with Gasteiger partial charge in [-0.15, -0.1) is 0 Å². The third kappa shape index (κ3) is 6.16. The smallest absolute Gasteiger partial charge is 0.105 e. The van der Waals surface area contributed by atoms with E-state index in [0.717, 1.165) is 12.2 Å². The van der Waals surface area contributed by atoms with Crippen LogP contribution >= 0.6 is 0 Å². The van der Waals surface area contributed by atoms with Crippen LogP contribution in [-0.2, 0) is 19.3 Å². The molecule has 1 heterocycles. The molecule has 2 nitrogen and oxygen atoms in total. The second-order valence-electron chi connectivity index (χ2n) is 5.87. The predicted molar refractivity (Wildman–Crippen MR) is 89.5 cm³/mol. The summed E-state index contributed by atoms with van der Waals surface area (Å²) in [5, 5.41) is 0. The lowest BCUT2D eigenvalue weighted by atomic mass is 10.0. The molecular formula is C19H28N2. The Balaban J connectivity index is 1.62. The molecule has 0 aliphatic heterocycles. The van der Waals surface area contributed by atoms with Crippen LogP contribution in [0.15, 0.2) is 36.7 Å². The number of hydrogen-bond donors (Lipinski definition) is 1. The minimum Gasteiger partial charge on any atom is -0.349 e. The van der Waals surface area contributed by atoms with E-state index in [2.05, 4.69) is 41.2 Å². The Hall–Kier alpha value is -1.57. The Bertz CT molecular complexity index is 471. The summed E-state index contributed by atoms with van der Waals surface area (Å²) >= 11 is 0. The average Bonchev–Trinajstić information content (AvgIpc) is 3.03. The van der Waals surface area contributed by atoms with E-state index in [-0.39, 0.29) is 0 Å². The highest BCUT2D eigenvalue weighted by Gasteiger charge is 1.98. The van der Waals surface area contributed by atoms with E-state index in [1.54, 1.807) is 0 Å². The number of imidazole rings is 1. The fourth-order valence-electron chi connectivity index (χ4n) is 2.68. The molecule has 0 bridgehead atoms. The molecule has 0 amide bonds. The maximum Gasteiger partial charge on any atom is 0.105 e.